The van der Waals surface area contributed by atoms with Gasteiger partial charge in [-0.15, -0.1) is 22.7 Å². The molecule has 9 heteroatoms. The van der Waals surface area contributed by atoms with Crippen molar-refractivity contribution in [1.82, 2.24) is 15.2 Å². The lowest BCUT2D eigenvalue weighted by molar-refractivity contribution is -0.134. The van der Waals surface area contributed by atoms with Crippen LogP contribution >= 0.6 is 22.7 Å². The number of carbonyl (C=O) groups excluding carboxylic acids is 3. The van der Waals surface area contributed by atoms with Gasteiger partial charge in [0.25, 0.3) is 5.91 Å². The summed E-state index contributed by atoms with van der Waals surface area (Å²) < 4.78 is 0. The van der Waals surface area contributed by atoms with Gasteiger partial charge in [0.15, 0.2) is 5.13 Å². The first-order valence-corrected chi connectivity index (χ1v) is 10.0. The topological polar surface area (TPSA) is 91.4 Å². The Morgan fingerprint density at radius 1 is 1.42 bits per heavy atom. The normalized spacial score (nSPS) is 22.6. The number of hydrogen-bond acceptors (Lipinski definition) is 6. The van der Waals surface area contributed by atoms with Crippen molar-refractivity contribution in [1.29, 1.82) is 0 Å². The largest absolute Gasteiger partial charge is 0.325 e. The van der Waals surface area contributed by atoms with Crippen molar-refractivity contribution < 1.29 is 14.4 Å². The minimum absolute atomic E-state index is 0.169. The second-order valence-corrected chi connectivity index (χ2v) is 8.94. The summed E-state index contributed by atoms with van der Waals surface area (Å²) in [7, 11) is 0. The van der Waals surface area contributed by atoms with Crippen molar-refractivity contribution >= 4 is 45.7 Å². The van der Waals surface area contributed by atoms with Crippen molar-refractivity contribution in [2.75, 3.05) is 11.9 Å². The quantitative estimate of drug-likeness (QED) is 0.768. The Morgan fingerprint density at radius 2 is 2.19 bits per heavy atom. The van der Waals surface area contributed by atoms with Gasteiger partial charge in [-0.2, -0.15) is 0 Å². The third kappa shape index (κ3) is 3.01. The molecule has 2 aliphatic rings. The fraction of sp³-hybridized carbons (Fsp3) is 0.412. The number of amides is 4. The molecule has 0 aromatic carbocycles. The predicted molar refractivity (Wildman–Crippen MR) is 100 cm³/mol. The highest BCUT2D eigenvalue weighted by molar-refractivity contribution is 7.17. The lowest BCUT2D eigenvalue weighted by Gasteiger charge is -2.20. The van der Waals surface area contributed by atoms with Crippen LogP contribution in [0.1, 0.15) is 24.6 Å². The van der Waals surface area contributed by atoms with Crippen molar-refractivity contribution in [2.24, 2.45) is 5.92 Å². The van der Waals surface area contributed by atoms with Gasteiger partial charge in [-0.3, -0.25) is 14.5 Å². The van der Waals surface area contributed by atoms with Gasteiger partial charge in [0.1, 0.15) is 12.1 Å². The van der Waals surface area contributed by atoms with E-state index in [1.54, 1.807) is 18.3 Å². The maximum Gasteiger partial charge on any atom is 0.325 e. The van der Waals surface area contributed by atoms with Gasteiger partial charge in [-0.25, -0.2) is 9.78 Å². The molecule has 0 bridgehead atoms. The van der Waals surface area contributed by atoms with Crippen LogP contribution in [-0.2, 0) is 9.59 Å². The average Bonchev–Trinajstić information content (AvgIpc) is 3.15. The van der Waals surface area contributed by atoms with E-state index in [0.717, 1.165) is 28.3 Å². The molecule has 136 valence electrons. The number of nitrogens with one attached hydrogen (secondary N) is 2. The Balaban J connectivity index is 1.41. The molecule has 1 aliphatic heterocycles. The van der Waals surface area contributed by atoms with E-state index in [1.807, 2.05) is 24.4 Å². The molecule has 1 saturated carbocycles. The van der Waals surface area contributed by atoms with E-state index in [2.05, 4.69) is 15.6 Å². The van der Waals surface area contributed by atoms with E-state index >= 15 is 0 Å². The fourth-order valence-corrected chi connectivity index (χ4v) is 4.75. The number of nitrogens with zero attached hydrogens (tertiary/aromatic N) is 2. The fourth-order valence-electron chi connectivity index (χ4n) is 3.12. The second kappa shape index (κ2) is 6.17. The molecule has 1 aliphatic carbocycles. The molecular weight excluding hydrogens is 372 g/mol. The summed E-state index contributed by atoms with van der Waals surface area (Å²) in [5, 5.41) is 7.74. The van der Waals surface area contributed by atoms with Crippen molar-refractivity contribution in [2.45, 2.75) is 32.2 Å². The highest BCUT2D eigenvalue weighted by atomic mass is 32.1. The zero-order valence-corrected chi connectivity index (χ0v) is 16.0. The smallest absolute Gasteiger partial charge is 0.323 e. The average molecular weight is 390 g/mol. The number of urea groups is 1. The van der Waals surface area contributed by atoms with Crippen LogP contribution in [0.15, 0.2) is 17.5 Å². The molecule has 0 unspecified atom stereocenters. The number of thiophene rings is 1. The molecule has 3 heterocycles. The molecule has 0 radical (unpaired) electrons. The van der Waals surface area contributed by atoms with Crippen molar-refractivity contribution in [3.8, 4) is 10.6 Å². The highest BCUT2D eigenvalue weighted by Gasteiger charge is 2.56. The van der Waals surface area contributed by atoms with E-state index < -0.39 is 17.5 Å². The summed E-state index contributed by atoms with van der Waals surface area (Å²) in [5.41, 5.74) is -0.0670. The molecule has 1 atom stereocenters. The van der Waals surface area contributed by atoms with E-state index in [9.17, 15) is 14.4 Å². The molecule has 2 aromatic rings. The molecule has 7 nitrogen and oxygen atoms in total. The number of anilines is 1. The minimum Gasteiger partial charge on any atom is -0.323 e. The van der Waals surface area contributed by atoms with Crippen LogP contribution in [0, 0.1) is 12.8 Å². The molecule has 2 N–H and O–H groups in total. The number of aryl methyl sites for hydroxylation is 1. The second-order valence-electron chi connectivity index (χ2n) is 6.79. The van der Waals surface area contributed by atoms with Gasteiger partial charge in [0.05, 0.1) is 10.6 Å². The molecule has 4 rings (SSSR count). The minimum atomic E-state index is -0.872. The predicted octanol–water partition coefficient (Wildman–Crippen LogP) is 2.84. The van der Waals surface area contributed by atoms with Crippen LogP contribution in [0.2, 0.25) is 0 Å². The molecule has 26 heavy (non-hydrogen) atoms. The van der Waals surface area contributed by atoms with Crippen LogP contribution in [0.25, 0.3) is 10.6 Å². The third-order valence-corrected chi connectivity index (χ3v) is 6.52. The number of rotatable bonds is 5. The van der Waals surface area contributed by atoms with Crippen LogP contribution < -0.4 is 10.6 Å². The molecule has 2 fully saturated rings. The number of aromatic nitrogens is 1. The number of thiazole rings is 1. The van der Waals surface area contributed by atoms with E-state index in [4.69, 9.17) is 0 Å². The monoisotopic (exact) mass is 390 g/mol. The van der Waals surface area contributed by atoms with Gasteiger partial charge >= 0.3 is 6.03 Å². The van der Waals surface area contributed by atoms with Crippen LogP contribution in [0.4, 0.5) is 9.93 Å². The summed E-state index contributed by atoms with van der Waals surface area (Å²) in [5.74, 6) is -0.589. The van der Waals surface area contributed by atoms with Gasteiger partial charge in [0, 0.05) is 10.3 Å². The van der Waals surface area contributed by atoms with E-state index in [-0.39, 0.29) is 18.4 Å². The molecule has 1 saturated heterocycles. The Labute approximate surface area is 158 Å². The lowest BCUT2D eigenvalue weighted by atomic mass is 9.96. The van der Waals surface area contributed by atoms with Gasteiger partial charge < -0.3 is 10.6 Å². The van der Waals surface area contributed by atoms with Gasteiger partial charge in [0.2, 0.25) is 5.91 Å². The zero-order chi connectivity index (χ0) is 18.5. The summed E-state index contributed by atoms with van der Waals surface area (Å²) >= 11 is 2.95. The zero-order valence-electron chi connectivity index (χ0n) is 14.4. The third-order valence-electron chi connectivity index (χ3n) is 4.74. The van der Waals surface area contributed by atoms with E-state index in [0.29, 0.717) is 5.13 Å². The summed E-state index contributed by atoms with van der Waals surface area (Å²) in [4.78, 5) is 44.6. The highest BCUT2D eigenvalue weighted by Crippen LogP contribution is 2.42. The van der Waals surface area contributed by atoms with Crippen molar-refractivity contribution in [3.05, 3.63) is 22.4 Å². The molecule has 4 amide bonds. The number of carbonyl (C=O) groups is 3. The maximum absolute atomic E-state index is 12.5. The molecule has 2 aromatic heterocycles. The van der Waals surface area contributed by atoms with Crippen LogP contribution in [-0.4, -0.2) is 39.8 Å². The van der Waals surface area contributed by atoms with E-state index in [1.165, 1.54) is 16.2 Å². The Morgan fingerprint density at radius 3 is 2.85 bits per heavy atom. The van der Waals surface area contributed by atoms with Crippen LogP contribution in [0.5, 0.6) is 0 Å². The first-order valence-electron chi connectivity index (χ1n) is 8.33. The number of imide groups is 1. The first kappa shape index (κ1) is 17.2. The van der Waals surface area contributed by atoms with Gasteiger partial charge in [-0.05, 0) is 44.7 Å². The van der Waals surface area contributed by atoms with Crippen LogP contribution in [0.3, 0.4) is 0 Å². The first-order chi connectivity index (χ1) is 12.4. The lowest BCUT2D eigenvalue weighted by Crippen LogP contribution is -2.46. The standard InChI is InChI=1S/C17H18N4O3S2/c1-9-3-6-12(26-9)11-8-25-15(18-11)19-13(22)7-21-14(23)17(2,10-4-5-10)20-16(21)24/h3,6,8,10H,4-5,7H2,1-2H3,(H,20,24)(H,18,19,22)/t17-/m1/s1. The number of hydrogen-bond donors (Lipinski definition) is 2. The van der Waals surface area contributed by atoms with Crippen molar-refractivity contribution in [3.63, 3.8) is 0 Å². The maximum atomic E-state index is 12.5. The Kier molecular flexibility index (Phi) is 4.07. The Bertz CT molecular complexity index is 901. The summed E-state index contributed by atoms with van der Waals surface area (Å²) in [6, 6.07) is 3.51. The Hall–Kier alpha value is -2.26. The summed E-state index contributed by atoms with van der Waals surface area (Å²) in [6.07, 6.45) is 1.85. The molecular formula is C17H18N4O3S2. The molecule has 0 spiro atoms. The van der Waals surface area contributed by atoms with Gasteiger partial charge in [-0.1, -0.05) is 0 Å². The summed E-state index contributed by atoms with van der Waals surface area (Å²) in [6.45, 7) is 3.45. The SMILES string of the molecule is Cc1ccc(-c2csc(NC(=O)CN3C(=O)N[C@](C)(C4CC4)C3=O)n2)s1.